The van der Waals surface area contributed by atoms with Gasteiger partial charge in [-0.1, -0.05) is 0 Å². The SMILES string of the molecule is CC(C)N(CCNc1nc(N)ns1)C(C)C. The molecule has 1 heterocycles. The first-order valence-corrected chi connectivity index (χ1v) is 6.37. The van der Waals surface area contributed by atoms with E-state index in [1.807, 2.05) is 0 Å². The summed E-state index contributed by atoms with van der Waals surface area (Å²) >= 11 is 1.30. The van der Waals surface area contributed by atoms with Crippen molar-refractivity contribution in [1.29, 1.82) is 0 Å². The molecule has 0 amide bonds. The first-order valence-electron chi connectivity index (χ1n) is 5.59. The molecule has 0 aliphatic rings. The van der Waals surface area contributed by atoms with Gasteiger partial charge < -0.3 is 11.1 Å². The van der Waals surface area contributed by atoms with E-state index in [9.17, 15) is 0 Å². The summed E-state index contributed by atoms with van der Waals surface area (Å²) in [6.45, 7) is 10.7. The minimum atomic E-state index is 0.345. The average molecular weight is 243 g/mol. The molecule has 0 saturated heterocycles. The van der Waals surface area contributed by atoms with Gasteiger partial charge in [0.05, 0.1) is 0 Å². The van der Waals surface area contributed by atoms with Crippen LogP contribution < -0.4 is 11.1 Å². The number of nitrogen functional groups attached to an aromatic ring is 1. The topological polar surface area (TPSA) is 67.1 Å². The maximum atomic E-state index is 5.44. The van der Waals surface area contributed by atoms with Gasteiger partial charge in [0, 0.05) is 36.7 Å². The molecule has 3 N–H and O–H groups in total. The Hall–Kier alpha value is -0.880. The van der Waals surface area contributed by atoms with Gasteiger partial charge in [0.1, 0.15) is 0 Å². The van der Waals surface area contributed by atoms with Crippen LogP contribution in [0.3, 0.4) is 0 Å². The second kappa shape index (κ2) is 6.00. The Morgan fingerprint density at radius 1 is 1.31 bits per heavy atom. The minimum absolute atomic E-state index is 0.345. The Kier molecular flexibility index (Phi) is 4.95. The van der Waals surface area contributed by atoms with Crippen molar-refractivity contribution < 1.29 is 0 Å². The van der Waals surface area contributed by atoms with Crippen LogP contribution in [0.15, 0.2) is 0 Å². The maximum Gasteiger partial charge on any atom is 0.233 e. The summed E-state index contributed by atoms with van der Waals surface area (Å²) in [6, 6.07) is 1.11. The molecule has 0 radical (unpaired) electrons. The fourth-order valence-corrected chi connectivity index (χ4v) is 2.23. The third kappa shape index (κ3) is 3.94. The van der Waals surface area contributed by atoms with Crippen molar-refractivity contribution in [2.45, 2.75) is 39.8 Å². The highest BCUT2D eigenvalue weighted by Crippen LogP contribution is 2.11. The number of aromatic nitrogens is 2. The van der Waals surface area contributed by atoms with Gasteiger partial charge in [-0.15, -0.1) is 0 Å². The smallest absolute Gasteiger partial charge is 0.233 e. The summed E-state index contributed by atoms with van der Waals surface area (Å²) in [4.78, 5) is 6.48. The second-order valence-electron chi connectivity index (χ2n) is 4.31. The predicted octanol–water partition coefficient (Wildman–Crippen LogP) is 1.65. The molecule has 6 heteroatoms. The number of nitrogens with two attached hydrogens (primary N) is 1. The van der Waals surface area contributed by atoms with Crippen LogP contribution in [0.4, 0.5) is 11.1 Å². The Morgan fingerprint density at radius 3 is 2.38 bits per heavy atom. The van der Waals surface area contributed by atoms with Crippen LogP contribution in [-0.2, 0) is 0 Å². The maximum absolute atomic E-state index is 5.44. The van der Waals surface area contributed by atoms with E-state index in [1.54, 1.807) is 0 Å². The van der Waals surface area contributed by atoms with Crippen molar-refractivity contribution in [2.75, 3.05) is 24.1 Å². The summed E-state index contributed by atoms with van der Waals surface area (Å²) in [5, 5.41) is 4.03. The van der Waals surface area contributed by atoms with E-state index in [-0.39, 0.29) is 0 Å². The fraction of sp³-hybridized carbons (Fsp3) is 0.800. The molecular weight excluding hydrogens is 222 g/mol. The molecule has 5 nitrogen and oxygen atoms in total. The van der Waals surface area contributed by atoms with Gasteiger partial charge in [0.15, 0.2) is 0 Å². The van der Waals surface area contributed by atoms with Gasteiger partial charge in [-0.3, -0.25) is 4.90 Å². The Morgan fingerprint density at radius 2 is 1.94 bits per heavy atom. The van der Waals surface area contributed by atoms with Gasteiger partial charge in [-0.05, 0) is 27.7 Å². The number of hydrogen-bond donors (Lipinski definition) is 2. The molecule has 0 atom stereocenters. The zero-order chi connectivity index (χ0) is 12.1. The summed E-state index contributed by atoms with van der Waals surface area (Å²) < 4.78 is 3.92. The van der Waals surface area contributed by atoms with Crippen LogP contribution in [0, 0.1) is 0 Å². The lowest BCUT2D eigenvalue weighted by Crippen LogP contribution is -2.40. The molecule has 92 valence electrons. The molecule has 0 saturated carbocycles. The molecule has 0 aliphatic heterocycles. The Bertz CT molecular complexity index is 302. The molecule has 1 aromatic rings. The number of rotatable bonds is 6. The number of nitrogens with zero attached hydrogens (tertiary/aromatic N) is 3. The van der Waals surface area contributed by atoms with E-state index in [4.69, 9.17) is 5.73 Å². The summed E-state index contributed by atoms with van der Waals surface area (Å²) in [5.74, 6) is 0.345. The van der Waals surface area contributed by atoms with Gasteiger partial charge in [0.25, 0.3) is 0 Å². The van der Waals surface area contributed by atoms with Crippen LogP contribution >= 0.6 is 11.5 Å². The largest absolute Gasteiger partial charge is 0.367 e. The third-order valence-corrected chi connectivity index (χ3v) is 3.10. The van der Waals surface area contributed by atoms with E-state index >= 15 is 0 Å². The lowest BCUT2D eigenvalue weighted by Gasteiger charge is -2.30. The Labute approximate surface area is 101 Å². The third-order valence-electron chi connectivity index (χ3n) is 2.41. The molecule has 16 heavy (non-hydrogen) atoms. The first kappa shape index (κ1) is 13.2. The van der Waals surface area contributed by atoms with Crippen LogP contribution in [0.25, 0.3) is 0 Å². The van der Waals surface area contributed by atoms with Gasteiger partial charge >= 0.3 is 0 Å². The van der Waals surface area contributed by atoms with E-state index in [0.717, 1.165) is 18.2 Å². The van der Waals surface area contributed by atoms with E-state index in [1.165, 1.54) is 11.5 Å². The van der Waals surface area contributed by atoms with Crippen LogP contribution in [0.2, 0.25) is 0 Å². The molecule has 1 aromatic heterocycles. The molecule has 0 aliphatic carbocycles. The zero-order valence-electron chi connectivity index (χ0n) is 10.4. The van der Waals surface area contributed by atoms with Crippen LogP contribution in [-0.4, -0.2) is 39.4 Å². The van der Waals surface area contributed by atoms with E-state index < -0.39 is 0 Å². The zero-order valence-corrected chi connectivity index (χ0v) is 11.2. The van der Waals surface area contributed by atoms with Gasteiger partial charge in [-0.25, -0.2) is 0 Å². The molecule has 0 bridgehead atoms. The number of hydrogen-bond acceptors (Lipinski definition) is 6. The van der Waals surface area contributed by atoms with Crippen LogP contribution in [0.5, 0.6) is 0 Å². The number of anilines is 2. The lowest BCUT2D eigenvalue weighted by atomic mass is 10.2. The molecular formula is C10H21N5S. The average Bonchev–Trinajstić information content (AvgIpc) is 2.57. The quantitative estimate of drug-likeness (QED) is 0.795. The molecule has 0 spiro atoms. The second-order valence-corrected chi connectivity index (χ2v) is 5.06. The minimum Gasteiger partial charge on any atom is -0.367 e. The van der Waals surface area contributed by atoms with Crippen molar-refractivity contribution >= 4 is 22.6 Å². The van der Waals surface area contributed by atoms with Gasteiger partial charge in [-0.2, -0.15) is 9.36 Å². The van der Waals surface area contributed by atoms with E-state index in [0.29, 0.717) is 18.0 Å². The lowest BCUT2D eigenvalue weighted by molar-refractivity contribution is 0.182. The molecule has 0 fully saturated rings. The molecule has 0 unspecified atom stereocenters. The monoisotopic (exact) mass is 243 g/mol. The summed E-state index contributed by atoms with van der Waals surface area (Å²) in [5.41, 5.74) is 5.44. The highest BCUT2D eigenvalue weighted by atomic mass is 32.1. The fourth-order valence-electron chi connectivity index (χ4n) is 1.71. The Balaban J connectivity index is 2.33. The van der Waals surface area contributed by atoms with Crippen LogP contribution in [0.1, 0.15) is 27.7 Å². The van der Waals surface area contributed by atoms with Crippen molar-refractivity contribution in [3.05, 3.63) is 0 Å². The van der Waals surface area contributed by atoms with Crippen molar-refractivity contribution in [2.24, 2.45) is 0 Å². The predicted molar refractivity (Wildman–Crippen MR) is 69.8 cm³/mol. The van der Waals surface area contributed by atoms with E-state index in [2.05, 4.69) is 47.3 Å². The summed E-state index contributed by atoms with van der Waals surface area (Å²) in [6.07, 6.45) is 0. The van der Waals surface area contributed by atoms with Crippen molar-refractivity contribution in [3.8, 4) is 0 Å². The highest BCUT2D eigenvalue weighted by Gasteiger charge is 2.12. The highest BCUT2D eigenvalue weighted by molar-refractivity contribution is 7.09. The molecule has 0 aromatic carbocycles. The van der Waals surface area contributed by atoms with Crippen molar-refractivity contribution in [3.63, 3.8) is 0 Å². The molecule has 1 rings (SSSR count). The van der Waals surface area contributed by atoms with Crippen molar-refractivity contribution in [1.82, 2.24) is 14.3 Å². The summed E-state index contributed by atoms with van der Waals surface area (Å²) in [7, 11) is 0. The number of nitrogens with one attached hydrogen (secondary N) is 1. The van der Waals surface area contributed by atoms with Gasteiger partial charge in [0.2, 0.25) is 11.1 Å². The standard InChI is InChI=1S/C10H21N5S/c1-7(2)15(8(3)4)6-5-12-10-13-9(11)14-16-10/h7-8H,5-6H2,1-4H3,(H3,11,12,13,14). The first-order chi connectivity index (χ1) is 7.50. The normalized spacial score (nSPS) is 11.7.